The predicted molar refractivity (Wildman–Crippen MR) is 78.9 cm³/mol. The molecule has 1 N–H and O–H groups in total. The third-order valence-corrected chi connectivity index (χ3v) is 4.18. The van der Waals surface area contributed by atoms with E-state index in [9.17, 15) is 0 Å². The van der Waals surface area contributed by atoms with Crippen molar-refractivity contribution < 1.29 is 0 Å². The first-order valence-electron chi connectivity index (χ1n) is 7.07. The van der Waals surface area contributed by atoms with Crippen molar-refractivity contribution in [2.75, 3.05) is 23.3 Å². The Labute approximate surface area is 119 Å². The van der Waals surface area contributed by atoms with E-state index in [2.05, 4.69) is 45.9 Å². The summed E-state index contributed by atoms with van der Waals surface area (Å²) >= 11 is 6.01. The third kappa shape index (κ3) is 3.08. The Morgan fingerprint density at radius 2 is 1.84 bits per heavy atom. The molecule has 0 amide bonds. The van der Waals surface area contributed by atoms with Crippen molar-refractivity contribution in [3.63, 3.8) is 0 Å². The minimum Gasteiger partial charge on any atom is -0.349 e. The van der Waals surface area contributed by atoms with Gasteiger partial charge in [0.05, 0.1) is 0 Å². The summed E-state index contributed by atoms with van der Waals surface area (Å²) in [6.07, 6.45) is 4.69. The number of halogens is 1. The van der Waals surface area contributed by atoms with Crippen molar-refractivity contribution in [3.8, 4) is 0 Å². The van der Waals surface area contributed by atoms with Gasteiger partial charge in [-0.1, -0.05) is 6.92 Å². The third-order valence-electron chi connectivity index (χ3n) is 4.01. The molecule has 1 aromatic rings. The molecule has 0 bridgehead atoms. The van der Waals surface area contributed by atoms with E-state index in [1.165, 1.54) is 19.3 Å². The highest BCUT2D eigenvalue weighted by atomic mass is 35.5. The minimum atomic E-state index is 0.158. The summed E-state index contributed by atoms with van der Waals surface area (Å²) in [5, 5.41) is 3.71. The molecule has 0 saturated heterocycles. The maximum Gasteiger partial charge on any atom is 0.231 e. The van der Waals surface area contributed by atoms with E-state index >= 15 is 0 Å². The lowest BCUT2D eigenvalue weighted by molar-refractivity contribution is 0.268. The van der Waals surface area contributed by atoms with Gasteiger partial charge in [0.2, 0.25) is 17.2 Å². The maximum absolute atomic E-state index is 6.01. The molecule has 5 nitrogen and oxygen atoms in total. The van der Waals surface area contributed by atoms with Crippen LogP contribution in [0.1, 0.15) is 46.5 Å². The molecular formula is C13H22ClN5. The van der Waals surface area contributed by atoms with E-state index in [4.69, 9.17) is 11.6 Å². The normalized spacial score (nSPS) is 16.8. The highest BCUT2D eigenvalue weighted by molar-refractivity contribution is 6.28. The van der Waals surface area contributed by atoms with Gasteiger partial charge in [0.1, 0.15) is 0 Å². The molecule has 0 radical (unpaired) electrons. The molecule has 0 aliphatic heterocycles. The predicted octanol–water partition coefficient (Wildman–Crippen LogP) is 3.12. The van der Waals surface area contributed by atoms with Crippen molar-refractivity contribution in [1.82, 2.24) is 15.0 Å². The molecule has 19 heavy (non-hydrogen) atoms. The zero-order valence-electron chi connectivity index (χ0n) is 11.9. The van der Waals surface area contributed by atoms with Gasteiger partial charge in [0.25, 0.3) is 0 Å². The van der Waals surface area contributed by atoms with Crippen LogP contribution in [0, 0.1) is 0 Å². The van der Waals surface area contributed by atoms with Crippen LogP contribution in [0.5, 0.6) is 0 Å². The number of nitrogens with zero attached hydrogens (tertiary/aromatic N) is 4. The lowest BCUT2D eigenvalue weighted by Gasteiger charge is -2.42. The fraction of sp³-hybridized carbons (Fsp3) is 0.769. The van der Waals surface area contributed by atoms with Crippen molar-refractivity contribution in [3.05, 3.63) is 5.28 Å². The van der Waals surface area contributed by atoms with Crippen LogP contribution in [0.15, 0.2) is 0 Å². The van der Waals surface area contributed by atoms with Crippen molar-refractivity contribution in [2.24, 2.45) is 0 Å². The largest absolute Gasteiger partial charge is 0.349 e. The average molecular weight is 284 g/mol. The van der Waals surface area contributed by atoms with Crippen LogP contribution in [0.25, 0.3) is 0 Å². The van der Waals surface area contributed by atoms with Crippen LogP contribution in [0.2, 0.25) is 5.28 Å². The monoisotopic (exact) mass is 283 g/mol. The molecule has 1 saturated carbocycles. The Balaban J connectivity index is 2.21. The fourth-order valence-electron chi connectivity index (χ4n) is 2.45. The van der Waals surface area contributed by atoms with Crippen molar-refractivity contribution >= 4 is 23.5 Å². The van der Waals surface area contributed by atoms with Crippen LogP contribution >= 0.6 is 11.6 Å². The Hall–Kier alpha value is -1.10. The second-order valence-electron chi connectivity index (χ2n) is 5.01. The maximum atomic E-state index is 6.01. The Kier molecular flexibility index (Phi) is 4.45. The van der Waals surface area contributed by atoms with Crippen LogP contribution in [-0.2, 0) is 0 Å². The number of hydrogen-bond acceptors (Lipinski definition) is 5. The summed E-state index contributed by atoms with van der Waals surface area (Å²) in [6, 6.07) is 0. The number of aromatic nitrogens is 3. The standard InChI is InChI=1S/C13H22ClN5/c1-4-13(8-7-9-13)18-11-15-10(14)16-12(17-11)19(5-2)6-3/h4-9H2,1-3H3,(H,15,16,17,18). The van der Waals surface area contributed by atoms with Crippen LogP contribution in [0.4, 0.5) is 11.9 Å². The van der Waals surface area contributed by atoms with E-state index in [0.717, 1.165) is 19.5 Å². The Morgan fingerprint density at radius 3 is 2.32 bits per heavy atom. The van der Waals surface area contributed by atoms with Crippen LogP contribution in [0.3, 0.4) is 0 Å². The van der Waals surface area contributed by atoms with E-state index in [1.807, 2.05) is 0 Å². The number of hydrogen-bond donors (Lipinski definition) is 1. The highest BCUT2D eigenvalue weighted by Gasteiger charge is 2.35. The molecule has 0 spiro atoms. The Morgan fingerprint density at radius 1 is 1.16 bits per heavy atom. The summed E-state index contributed by atoms with van der Waals surface area (Å²) in [5.74, 6) is 1.25. The highest BCUT2D eigenvalue weighted by Crippen LogP contribution is 2.37. The molecule has 106 valence electrons. The molecule has 0 atom stereocenters. The van der Waals surface area contributed by atoms with Gasteiger partial charge in [0.15, 0.2) is 0 Å². The summed E-state index contributed by atoms with van der Waals surface area (Å²) in [7, 11) is 0. The molecule has 0 unspecified atom stereocenters. The van der Waals surface area contributed by atoms with E-state index in [0.29, 0.717) is 11.9 Å². The molecule has 6 heteroatoms. The van der Waals surface area contributed by atoms with Gasteiger partial charge in [-0.05, 0) is 51.1 Å². The molecule has 1 heterocycles. The first-order valence-corrected chi connectivity index (χ1v) is 7.45. The molecule has 1 aromatic heterocycles. The minimum absolute atomic E-state index is 0.158. The lowest BCUT2D eigenvalue weighted by atomic mass is 9.75. The van der Waals surface area contributed by atoms with Gasteiger partial charge in [-0.15, -0.1) is 0 Å². The summed E-state index contributed by atoms with van der Waals surface area (Å²) in [4.78, 5) is 15.0. The zero-order valence-corrected chi connectivity index (χ0v) is 12.7. The number of nitrogens with one attached hydrogen (secondary N) is 1. The summed E-state index contributed by atoms with van der Waals surface area (Å²) < 4.78 is 0. The smallest absolute Gasteiger partial charge is 0.231 e. The van der Waals surface area contributed by atoms with E-state index in [-0.39, 0.29) is 10.8 Å². The van der Waals surface area contributed by atoms with Gasteiger partial charge < -0.3 is 10.2 Å². The topological polar surface area (TPSA) is 53.9 Å². The fourth-order valence-corrected chi connectivity index (χ4v) is 2.61. The molecule has 2 rings (SSSR count). The first kappa shape index (κ1) is 14.3. The Bertz CT molecular complexity index is 424. The van der Waals surface area contributed by atoms with E-state index in [1.54, 1.807) is 0 Å². The summed E-state index contributed by atoms with van der Waals surface area (Å²) in [5.41, 5.74) is 0.158. The van der Waals surface area contributed by atoms with Crippen LogP contribution in [-0.4, -0.2) is 33.6 Å². The molecule has 1 aliphatic carbocycles. The lowest BCUT2D eigenvalue weighted by Crippen LogP contribution is -2.45. The molecular weight excluding hydrogens is 262 g/mol. The molecule has 1 aliphatic rings. The van der Waals surface area contributed by atoms with Crippen molar-refractivity contribution in [1.29, 1.82) is 0 Å². The van der Waals surface area contributed by atoms with Gasteiger partial charge >= 0.3 is 0 Å². The van der Waals surface area contributed by atoms with Crippen molar-refractivity contribution in [2.45, 2.75) is 52.0 Å². The van der Waals surface area contributed by atoms with Gasteiger partial charge in [-0.3, -0.25) is 0 Å². The van der Waals surface area contributed by atoms with Gasteiger partial charge in [-0.25, -0.2) is 0 Å². The first-order chi connectivity index (χ1) is 9.12. The van der Waals surface area contributed by atoms with Gasteiger partial charge in [0, 0.05) is 18.6 Å². The molecule has 1 fully saturated rings. The number of rotatable bonds is 6. The second kappa shape index (κ2) is 5.90. The van der Waals surface area contributed by atoms with Gasteiger partial charge in [-0.2, -0.15) is 15.0 Å². The number of anilines is 2. The molecule has 0 aromatic carbocycles. The average Bonchev–Trinajstić information content (AvgIpc) is 2.35. The SMILES string of the molecule is CCN(CC)c1nc(Cl)nc(NC2(CC)CCC2)n1. The second-order valence-corrected chi connectivity index (χ2v) is 5.35. The quantitative estimate of drug-likeness (QED) is 0.869. The van der Waals surface area contributed by atoms with E-state index < -0.39 is 0 Å². The zero-order chi connectivity index (χ0) is 13.9. The summed E-state index contributed by atoms with van der Waals surface area (Å²) in [6.45, 7) is 8.06. The van der Waals surface area contributed by atoms with Crippen LogP contribution < -0.4 is 10.2 Å².